The molecule has 0 heterocycles. The zero-order chi connectivity index (χ0) is 23.2. The van der Waals surface area contributed by atoms with Gasteiger partial charge in [0.05, 0.1) is 31.2 Å². The molecule has 0 spiro atoms. The highest BCUT2D eigenvalue weighted by atomic mass is 32.2. The molecular formula is C20H23F3N2O5S. The van der Waals surface area contributed by atoms with E-state index in [-0.39, 0.29) is 0 Å². The molecule has 170 valence electrons. The molecule has 1 N–H and O–H groups in total. The minimum atomic E-state index is -4.67. The van der Waals surface area contributed by atoms with E-state index in [1.54, 1.807) is 12.1 Å². The van der Waals surface area contributed by atoms with E-state index in [0.717, 1.165) is 23.8 Å². The summed E-state index contributed by atoms with van der Waals surface area (Å²) in [5.41, 5.74) is -0.212. The predicted octanol–water partition coefficient (Wildman–Crippen LogP) is 2.70. The highest BCUT2D eigenvalue weighted by Gasteiger charge is 2.31. The van der Waals surface area contributed by atoms with Crippen molar-refractivity contribution in [3.63, 3.8) is 0 Å². The molecule has 0 fully saturated rings. The first-order chi connectivity index (χ1) is 14.5. The van der Waals surface area contributed by atoms with Crippen LogP contribution < -0.4 is 14.2 Å². The van der Waals surface area contributed by atoms with Crippen molar-refractivity contribution in [2.45, 2.75) is 17.5 Å². The van der Waals surface area contributed by atoms with Gasteiger partial charge < -0.3 is 14.4 Å². The third-order valence-electron chi connectivity index (χ3n) is 4.49. The van der Waals surface area contributed by atoms with Gasteiger partial charge in [-0.1, -0.05) is 12.1 Å². The van der Waals surface area contributed by atoms with Crippen LogP contribution in [0, 0.1) is 0 Å². The number of amides is 1. The third kappa shape index (κ3) is 6.59. The monoisotopic (exact) mass is 460 g/mol. The molecule has 0 bridgehead atoms. The molecular weight excluding hydrogens is 437 g/mol. The molecule has 0 aromatic heterocycles. The van der Waals surface area contributed by atoms with Crippen molar-refractivity contribution in [2.24, 2.45) is 0 Å². The number of methoxy groups -OCH3 is 2. The number of carbonyl (C=O) groups is 1. The van der Waals surface area contributed by atoms with E-state index in [2.05, 4.69) is 0 Å². The van der Waals surface area contributed by atoms with Gasteiger partial charge in [-0.15, -0.1) is 0 Å². The van der Waals surface area contributed by atoms with Gasteiger partial charge in [0, 0.05) is 13.6 Å². The highest BCUT2D eigenvalue weighted by Crippen LogP contribution is 2.30. The average molecular weight is 460 g/mol. The Morgan fingerprint density at radius 3 is 2.35 bits per heavy atom. The number of benzene rings is 2. The van der Waals surface area contributed by atoms with Crippen LogP contribution in [0.4, 0.5) is 13.2 Å². The molecule has 2 rings (SSSR count). The quantitative estimate of drug-likeness (QED) is 0.622. The number of ether oxygens (including phenoxy) is 2. The lowest BCUT2D eigenvalue weighted by Gasteiger charge is -2.18. The minimum Gasteiger partial charge on any atom is -0.493 e. The maximum atomic E-state index is 12.8. The van der Waals surface area contributed by atoms with E-state index in [4.69, 9.17) is 9.47 Å². The van der Waals surface area contributed by atoms with E-state index in [9.17, 15) is 26.4 Å². The molecule has 0 saturated heterocycles. The summed E-state index contributed by atoms with van der Waals surface area (Å²) in [6.07, 6.45) is -4.20. The Balaban J connectivity index is 1.96. The van der Waals surface area contributed by atoms with Crippen LogP contribution in [0.2, 0.25) is 0 Å². The summed E-state index contributed by atoms with van der Waals surface area (Å²) in [7, 11) is 0.244. The Labute approximate surface area is 178 Å². The van der Waals surface area contributed by atoms with Crippen molar-refractivity contribution in [3.05, 3.63) is 53.6 Å². The third-order valence-corrected chi connectivity index (χ3v) is 5.89. The summed E-state index contributed by atoms with van der Waals surface area (Å²) in [6, 6.07) is 8.64. The largest absolute Gasteiger partial charge is 0.493 e. The molecule has 0 aliphatic rings. The van der Waals surface area contributed by atoms with Gasteiger partial charge in [-0.3, -0.25) is 4.79 Å². The average Bonchev–Trinajstić information content (AvgIpc) is 2.75. The van der Waals surface area contributed by atoms with Crippen molar-refractivity contribution in [2.75, 3.05) is 34.4 Å². The number of nitrogens with zero attached hydrogens (tertiary/aromatic N) is 1. The van der Waals surface area contributed by atoms with Gasteiger partial charge in [0.2, 0.25) is 15.9 Å². The molecule has 1 amide bonds. The first-order valence-electron chi connectivity index (χ1n) is 9.09. The molecule has 0 aliphatic carbocycles. The van der Waals surface area contributed by atoms with Crippen LogP contribution in [0.1, 0.15) is 11.1 Å². The van der Waals surface area contributed by atoms with Crippen molar-refractivity contribution in [1.29, 1.82) is 0 Å². The smallest absolute Gasteiger partial charge is 0.416 e. The van der Waals surface area contributed by atoms with E-state index >= 15 is 0 Å². The summed E-state index contributed by atoms with van der Waals surface area (Å²) in [5.74, 6) is 0.582. The molecule has 7 nitrogen and oxygen atoms in total. The highest BCUT2D eigenvalue weighted by molar-refractivity contribution is 7.89. The molecule has 0 saturated carbocycles. The van der Waals surface area contributed by atoms with Crippen LogP contribution in [0.5, 0.6) is 11.5 Å². The van der Waals surface area contributed by atoms with E-state index < -0.39 is 39.1 Å². The number of likely N-dealkylation sites (N-methyl/N-ethyl adjacent to an activating group) is 1. The maximum Gasteiger partial charge on any atom is 0.416 e. The Morgan fingerprint density at radius 2 is 1.74 bits per heavy atom. The number of nitrogens with one attached hydrogen (secondary N) is 1. The second kappa shape index (κ2) is 10.0. The van der Waals surface area contributed by atoms with Crippen LogP contribution >= 0.6 is 0 Å². The fourth-order valence-corrected chi connectivity index (χ4v) is 3.69. The van der Waals surface area contributed by atoms with Gasteiger partial charge >= 0.3 is 6.18 Å². The van der Waals surface area contributed by atoms with Crippen LogP contribution in [-0.4, -0.2) is 53.6 Å². The summed E-state index contributed by atoms with van der Waals surface area (Å²) < 4.78 is 75.4. The lowest BCUT2D eigenvalue weighted by atomic mass is 10.1. The van der Waals surface area contributed by atoms with Crippen molar-refractivity contribution in [3.8, 4) is 11.5 Å². The van der Waals surface area contributed by atoms with Gasteiger partial charge in [0.15, 0.2) is 11.5 Å². The van der Waals surface area contributed by atoms with E-state index in [0.29, 0.717) is 30.5 Å². The van der Waals surface area contributed by atoms with Crippen molar-refractivity contribution in [1.82, 2.24) is 9.62 Å². The number of hydrogen-bond donors (Lipinski definition) is 1. The van der Waals surface area contributed by atoms with Gasteiger partial charge in [-0.05, 0) is 42.3 Å². The van der Waals surface area contributed by atoms with Crippen LogP contribution in [-0.2, 0) is 27.4 Å². The SMILES string of the molecule is COc1ccc(CCN(C)C(=O)CNS(=O)(=O)c2cccc(C(F)(F)F)c2)cc1OC. The maximum absolute atomic E-state index is 12.8. The van der Waals surface area contributed by atoms with Gasteiger partial charge in [-0.2, -0.15) is 13.2 Å². The molecule has 2 aromatic carbocycles. The summed E-state index contributed by atoms with van der Waals surface area (Å²) in [5, 5.41) is 0. The molecule has 31 heavy (non-hydrogen) atoms. The summed E-state index contributed by atoms with van der Waals surface area (Å²) >= 11 is 0. The molecule has 0 unspecified atom stereocenters. The van der Waals surface area contributed by atoms with Gasteiger partial charge in [0.25, 0.3) is 0 Å². The normalized spacial score (nSPS) is 11.8. The molecule has 11 heteroatoms. The summed E-state index contributed by atoms with van der Waals surface area (Å²) in [6.45, 7) is -0.291. The van der Waals surface area contributed by atoms with Gasteiger partial charge in [0.1, 0.15) is 0 Å². The van der Waals surface area contributed by atoms with Crippen molar-refractivity contribution < 1.29 is 35.9 Å². The first kappa shape index (κ1) is 24.5. The second-order valence-corrected chi connectivity index (χ2v) is 8.37. The number of halogens is 3. The summed E-state index contributed by atoms with van der Waals surface area (Å²) in [4.78, 5) is 13.0. The predicted molar refractivity (Wildman–Crippen MR) is 108 cm³/mol. The Hall–Kier alpha value is -2.79. The lowest BCUT2D eigenvalue weighted by molar-refractivity contribution is -0.137. The van der Waals surface area contributed by atoms with Crippen LogP contribution in [0.15, 0.2) is 47.4 Å². The molecule has 0 aliphatic heterocycles. The topological polar surface area (TPSA) is 84.9 Å². The number of hydrogen-bond acceptors (Lipinski definition) is 5. The van der Waals surface area contributed by atoms with E-state index in [1.165, 1.54) is 26.2 Å². The fraction of sp³-hybridized carbons (Fsp3) is 0.350. The zero-order valence-corrected chi connectivity index (χ0v) is 18.0. The fourth-order valence-electron chi connectivity index (χ4n) is 2.67. The number of sulfonamides is 1. The molecule has 0 radical (unpaired) electrons. The minimum absolute atomic E-state index is 0.291. The number of alkyl halides is 3. The zero-order valence-electron chi connectivity index (χ0n) is 17.2. The molecule has 0 atom stereocenters. The van der Waals surface area contributed by atoms with Crippen LogP contribution in [0.25, 0.3) is 0 Å². The number of carbonyl (C=O) groups excluding carboxylic acids is 1. The molecule has 2 aromatic rings. The Kier molecular flexibility index (Phi) is 7.91. The van der Waals surface area contributed by atoms with Gasteiger partial charge in [-0.25, -0.2) is 13.1 Å². The Morgan fingerprint density at radius 1 is 1.06 bits per heavy atom. The van der Waals surface area contributed by atoms with Crippen LogP contribution in [0.3, 0.4) is 0 Å². The number of rotatable bonds is 9. The second-order valence-electron chi connectivity index (χ2n) is 6.60. The standard InChI is InChI=1S/C20H23F3N2O5S/c1-25(10-9-14-7-8-17(29-2)18(11-14)30-3)19(26)13-24-31(27,28)16-6-4-5-15(12-16)20(21,22)23/h4-8,11-12,24H,9-10,13H2,1-3H3. The first-order valence-corrected chi connectivity index (χ1v) is 10.6. The lowest BCUT2D eigenvalue weighted by Crippen LogP contribution is -2.39. The van der Waals surface area contributed by atoms with E-state index in [1.807, 2.05) is 10.8 Å². The Bertz CT molecular complexity index is 1030. The van der Waals surface area contributed by atoms with Crippen molar-refractivity contribution >= 4 is 15.9 Å².